The highest BCUT2D eigenvalue weighted by atomic mass is 16.5. The lowest BCUT2D eigenvalue weighted by Crippen LogP contribution is -2.59. The summed E-state index contributed by atoms with van der Waals surface area (Å²) in [5.74, 6) is -0.0991. The van der Waals surface area contributed by atoms with Gasteiger partial charge in [0, 0.05) is 13.1 Å². The second-order valence-corrected chi connectivity index (χ2v) is 6.36. The van der Waals surface area contributed by atoms with Gasteiger partial charge in [-0.15, -0.1) is 0 Å². The molecule has 0 saturated carbocycles. The number of esters is 1. The molecule has 1 aliphatic rings. The SMILES string of the molecule is CC(C)COC(=O)CC1C(=O)NCCN1C(=O)CNCc1ccco1. The minimum absolute atomic E-state index is 0.0610. The molecular weight excluding hydrogens is 326 g/mol. The average Bonchev–Trinajstić information content (AvgIpc) is 3.08. The highest BCUT2D eigenvalue weighted by molar-refractivity contribution is 5.92. The van der Waals surface area contributed by atoms with Crippen molar-refractivity contribution in [3.8, 4) is 0 Å². The fourth-order valence-electron chi connectivity index (χ4n) is 2.50. The Labute approximate surface area is 146 Å². The molecule has 138 valence electrons. The summed E-state index contributed by atoms with van der Waals surface area (Å²) >= 11 is 0. The number of carbonyl (C=O) groups excluding carboxylic acids is 3. The largest absolute Gasteiger partial charge is 0.468 e. The van der Waals surface area contributed by atoms with Crippen LogP contribution in [0.5, 0.6) is 0 Å². The Balaban J connectivity index is 1.87. The van der Waals surface area contributed by atoms with E-state index in [9.17, 15) is 14.4 Å². The number of carbonyl (C=O) groups is 3. The van der Waals surface area contributed by atoms with Gasteiger partial charge in [-0.1, -0.05) is 13.8 Å². The van der Waals surface area contributed by atoms with Crippen molar-refractivity contribution in [2.75, 3.05) is 26.2 Å². The topological polar surface area (TPSA) is 101 Å². The number of amides is 2. The summed E-state index contributed by atoms with van der Waals surface area (Å²) in [5.41, 5.74) is 0. The number of hydrogen-bond acceptors (Lipinski definition) is 6. The lowest BCUT2D eigenvalue weighted by atomic mass is 10.1. The maximum absolute atomic E-state index is 12.4. The maximum Gasteiger partial charge on any atom is 0.308 e. The van der Waals surface area contributed by atoms with Crippen molar-refractivity contribution in [3.63, 3.8) is 0 Å². The van der Waals surface area contributed by atoms with Gasteiger partial charge in [-0.3, -0.25) is 14.4 Å². The molecule has 1 unspecified atom stereocenters. The van der Waals surface area contributed by atoms with Crippen molar-refractivity contribution in [2.45, 2.75) is 32.9 Å². The van der Waals surface area contributed by atoms with E-state index in [1.165, 1.54) is 4.90 Å². The lowest BCUT2D eigenvalue weighted by Gasteiger charge is -2.34. The number of hydrogen-bond donors (Lipinski definition) is 2. The van der Waals surface area contributed by atoms with Crippen molar-refractivity contribution < 1.29 is 23.5 Å². The second-order valence-electron chi connectivity index (χ2n) is 6.36. The first-order valence-electron chi connectivity index (χ1n) is 8.43. The molecule has 25 heavy (non-hydrogen) atoms. The Kier molecular flexibility index (Phi) is 7.00. The summed E-state index contributed by atoms with van der Waals surface area (Å²) in [6.07, 6.45) is 1.43. The van der Waals surface area contributed by atoms with Gasteiger partial charge in [0.1, 0.15) is 11.8 Å². The number of piperazine rings is 1. The molecule has 2 rings (SSSR count). The van der Waals surface area contributed by atoms with Crippen LogP contribution in [0.4, 0.5) is 0 Å². The van der Waals surface area contributed by atoms with Gasteiger partial charge in [0.05, 0.1) is 32.4 Å². The van der Waals surface area contributed by atoms with E-state index in [4.69, 9.17) is 9.15 Å². The predicted octanol–water partition coefficient (Wildman–Crippen LogP) is 0.286. The van der Waals surface area contributed by atoms with Crippen LogP contribution < -0.4 is 10.6 Å². The molecule has 8 nitrogen and oxygen atoms in total. The van der Waals surface area contributed by atoms with E-state index >= 15 is 0 Å². The van der Waals surface area contributed by atoms with Crippen molar-refractivity contribution in [2.24, 2.45) is 5.92 Å². The van der Waals surface area contributed by atoms with Gasteiger partial charge in [0.2, 0.25) is 11.8 Å². The molecule has 0 aromatic carbocycles. The highest BCUT2D eigenvalue weighted by Crippen LogP contribution is 2.11. The van der Waals surface area contributed by atoms with Gasteiger partial charge in [-0.25, -0.2) is 0 Å². The zero-order valence-electron chi connectivity index (χ0n) is 14.6. The third-order valence-corrected chi connectivity index (χ3v) is 3.74. The first-order chi connectivity index (χ1) is 12.0. The number of nitrogens with zero attached hydrogens (tertiary/aromatic N) is 1. The van der Waals surface area contributed by atoms with Gasteiger partial charge in [0.25, 0.3) is 0 Å². The first kappa shape index (κ1) is 19.0. The van der Waals surface area contributed by atoms with Crippen LogP contribution in [0.25, 0.3) is 0 Å². The molecule has 1 fully saturated rings. The van der Waals surface area contributed by atoms with Crippen LogP contribution in [0, 0.1) is 5.92 Å². The van der Waals surface area contributed by atoms with Crippen LogP contribution >= 0.6 is 0 Å². The summed E-state index contributed by atoms with van der Waals surface area (Å²) in [4.78, 5) is 37.9. The van der Waals surface area contributed by atoms with Gasteiger partial charge in [-0.2, -0.15) is 0 Å². The van der Waals surface area contributed by atoms with Gasteiger partial charge < -0.3 is 24.7 Å². The normalized spacial score (nSPS) is 17.5. The van der Waals surface area contributed by atoms with Crippen molar-refractivity contribution >= 4 is 17.8 Å². The average molecular weight is 351 g/mol. The molecule has 2 heterocycles. The highest BCUT2D eigenvalue weighted by Gasteiger charge is 2.34. The third-order valence-electron chi connectivity index (χ3n) is 3.74. The monoisotopic (exact) mass is 351 g/mol. The van der Waals surface area contributed by atoms with Gasteiger partial charge in [0.15, 0.2) is 0 Å². The quantitative estimate of drug-likeness (QED) is 0.653. The van der Waals surface area contributed by atoms with E-state index in [1.807, 2.05) is 13.8 Å². The number of furan rings is 1. The van der Waals surface area contributed by atoms with E-state index in [-0.39, 0.29) is 30.7 Å². The van der Waals surface area contributed by atoms with Crippen LogP contribution in [0.15, 0.2) is 22.8 Å². The van der Waals surface area contributed by atoms with E-state index in [2.05, 4.69) is 10.6 Å². The minimum atomic E-state index is -0.827. The fourth-order valence-corrected chi connectivity index (χ4v) is 2.50. The van der Waals surface area contributed by atoms with Gasteiger partial charge >= 0.3 is 5.97 Å². The maximum atomic E-state index is 12.4. The van der Waals surface area contributed by atoms with Crippen LogP contribution in [0.3, 0.4) is 0 Å². The zero-order chi connectivity index (χ0) is 18.2. The number of nitrogens with one attached hydrogen (secondary N) is 2. The molecule has 8 heteroatoms. The zero-order valence-corrected chi connectivity index (χ0v) is 14.6. The Bertz CT molecular complexity index is 585. The summed E-state index contributed by atoms with van der Waals surface area (Å²) in [6, 6.07) is 2.75. The molecule has 0 radical (unpaired) electrons. The molecule has 2 N–H and O–H groups in total. The lowest BCUT2D eigenvalue weighted by molar-refractivity contribution is -0.152. The van der Waals surface area contributed by atoms with Crippen molar-refractivity contribution in [3.05, 3.63) is 24.2 Å². The van der Waals surface area contributed by atoms with Crippen LogP contribution in [0.1, 0.15) is 26.0 Å². The van der Waals surface area contributed by atoms with E-state index in [0.717, 1.165) is 5.76 Å². The Morgan fingerprint density at radius 3 is 2.96 bits per heavy atom. The third kappa shape index (κ3) is 5.90. The molecule has 1 aromatic heterocycles. The van der Waals surface area contributed by atoms with E-state index in [0.29, 0.717) is 26.2 Å². The molecule has 0 aliphatic carbocycles. The summed E-state index contributed by atoms with van der Waals surface area (Å²) in [7, 11) is 0. The standard InChI is InChI=1S/C17H25N3O5/c1-12(2)11-25-16(22)8-14-17(23)19-5-6-20(14)15(21)10-18-9-13-4-3-7-24-13/h3-4,7,12,14,18H,5-6,8-11H2,1-2H3,(H,19,23). The summed E-state index contributed by atoms with van der Waals surface area (Å²) < 4.78 is 10.3. The van der Waals surface area contributed by atoms with Crippen molar-refractivity contribution in [1.82, 2.24) is 15.5 Å². The first-order valence-corrected chi connectivity index (χ1v) is 8.43. The number of ether oxygens (including phenoxy) is 1. The van der Waals surface area contributed by atoms with Crippen LogP contribution in [0.2, 0.25) is 0 Å². The molecule has 0 bridgehead atoms. The van der Waals surface area contributed by atoms with Crippen molar-refractivity contribution in [1.29, 1.82) is 0 Å². The summed E-state index contributed by atoms with van der Waals surface area (Å²) in [6.45, 7) is 5.38. The molecule has 1 aromatic rings. The molecule has 1 atom stereocenters. The smallest absolute Gasteiger partial charge is 0.308 e. The number of rotatable bonds is 8. The van der Waals surface area contributed by atoms with Crippen LogP contribution in [-0.2, 0) is 25.7 Å². The minimum Gasteiger partial charge on any atom is -0.468 e. The molecular formula is C17H25N3O5. The van der Waals surface area contributed by atoms with E-state index < -0.39 is 12.0 Å². The fraction of sp³-hybridized carbons (Fsp3) is 0.588. The second kappa shape index (κ2) is 9.22. The Morgan fingerprint density at radius 1 is 1.48 bits per heavy atom. The predicted molar refractivity (Wildman–Crippen MR) is 89.3 cm³/mol. The van der Waals surface area contributed by atoms with Crippen LogP contribution in [-0.4, -0.2) is 55.0 Å². The van der Waals surface area contributed by atoms with Gasteiger partial charge in [-0.05, 0) is 18.1 Å². The summed E-state index contributed by atoms with van der Waals surface area (Å²) in [5, 5.41) is 5.67. The Morgan fingerprint density at radius 2 is 2.28 bits per heavy atom. The molecule has 1 saturated heterocycles. The molecule has 1 aliphatic heterocycles. The Hall–Kier alpha value is -2.35. The molecule has 0 spiro atoms. The van der Waals surface area contributed by atoms with E-state index in [1.54, 1.807) is 18.4 Å². The molecule has 2 amide bonds.